The van der Waals surface area contributed by atoms with E-state index in [0.29, 0.717) is 19.0 Å². The number of rotatable bonds is 6. The van der Waals surface area contributed by atoms with Gasteiger partial charge < -0.3 is 15.0 Å². The van der Waals surface area contributed by atoms with Crippen LogP contribution >= 0.6 is 0 Å². The molecule has 28 heavy (non-hydrogen) atoms. The minimum atomic E-state index is -0.310. The Bertz CT molecular complexity index is 711. The number of nitrogens with one attached hydrogen (secondary N) is 1. The van der Waals surface area contributed by atoms with E-state index in [2.05, 4.69) is 17.2 Å². The summed E-state index contributed by atoms with van der Waals surface area (Å²) in [6, 6.07) is 3.51. The van der Waals surface area contributed by atoms with Crippen LogP contribution < -0.4 is 10.1 Å². The van der Waals surface area contributed by atoms with Gasteiger partial charge >= 0.3 is 0 Å². The van der Waals surface area contributed by atoms with Crippen LogP contribution in [0.1, 0.15) is 63.9 Å². The lowest BCUT2D eigenvalue weighted by atomic mass is 9.89. The van der Waals surface area contributed by atoms with Gasteiger partial charge in [-0.3, -0.25) is 9.59 Å². The molecule has 2 amide bonds. The number of nitrogens with zero attached hydrogens (tertiary/aromatic N) is 2. The molecule has 1 aromatic rings. The standard InChI is InChI=1S/C22H31N3O3/c1-15-4-8-18(9-5-15)28-20-13-16(10-11-23-20)14-24-21(26)19-3-2-12-25(19)22(27)17-6-7-17/h10-11,13,15,17-19H,2-9,12,14H2,1H3,(H,24,26)/t15?,18?,19-/m0/s1. The maximum absolute atomic E-state index is 12.7. The van der Waals surface area contributed by atoms with Crippen LogP contribution in [0.15, 0.2) is 18.3 Å². The minimum absolute atomic E-state index is 0.0490. The Balaban J connectivity index is 1.29. The fraction of sp³-hybridized carbons (Fsp3) is 0.682. The lowest BCUT2D eigenvalue weighted by Crippen LogP contribution is -2.46. The van der Waals surface area contributed by atoms with Crippen LogP contribution in [0.3, 0.4) is 0 Å². The second kappa shape index (κ2) is 8.50. The highest BCUT2D eigenvalue weighted by Gasteiger charge is 2.40. The molecule has 1 aliphatic heterocycles. The first-order chi connectivity index (χ1) is 13.6. The van der Waals surface area contributed by atoms with Gasteiger partial charge in [-0.2, -0.15) is 0 Å². The van der Waals surface area contributed by atoms with Gasteiger partial charge in [0.15, 0.2) is 0 Å². The van der Waals surface area contributed by atoms with Crippen LogP contribution in [0, 0.1) is 11.8 Å². The van der Waals surface area contributed by atoms with Gasteiger partial charge in [-0.25, -0.2) is 4.98 Å². The summed E-state index contributed by atoms with van der Waals surface area (Å²) in [5, 5.41) is 3.01. The number of aromatic nitrogens is 1. The smallest absolute Gasteiger partial charge is 0.243 e. The van der Waals surface area contributed by atoms with E-state index in [1.807, 2.05) is 12.1 Å². The van der Waals surface area contributed by atoms with Gasteiger partial charge in [0.05, 0.1) is 0 Å². The van der Waals surface area contributed by atoms with E-state index < -0.39 is 0 Å². The largest absolute Gasteiger partial charge is 0.474 e. The normalized spacial score (nSPS) is 27.5. The number of likely N-dealkylation sites (tertiary alicyclic amines) is 1. The van der Waals surface area contributed by atoms with E-state index in [4.69, 9.17) is 4.74 Å². The van der Waals surface area contributed by atoms with Crippen molar-refractivity contribution in [3.8, 4) is 5.88 Å². The molecule has 152 valence electrons. The molecule has 1 N–H and O–H groups in total. The average molecular weight is 386 g/mol. The Morgan fingerprint density at radius 1 is 1.18 bits per heavy atom. The Morgan fingerprint density at radius 2 is 1.96 bits per heavy atom. The number of carbonyl (C=O) groups excluding carboxylic acids is 2. The van der Waals surface area contributed by atoms with Crippen molar-refractivity contribution in [1.29, 1.82) is 0 Å². The van der Waals surface area contributed by atoms with Crippen molar-refractivity contribution < 1.29 is 14.3 Å². The predicted molar refractivity (Wildman–Crippen MR) is 106 cm³/mol. The van der Waals surface area contributed by atoms with E-state index in [9.17, 15) is 9.59 Å². The number of amides is 2. The molecule has 0 bridgehead atoms. The Hall–Kier alpha value is -2.11. The van der Waals surface area contributed by atoms with Crippen molar-refractivity contribution in [2.75, 3.05) is 6.54 Å². The molecule has 0 radical (unpaired) electrons. The van der Waals surface area contributed by atoms with E-state index in [-0.39, 0.29) is 29.9 Å². The van der Waals surface area contributed by atoms with Crippen molar-refractivity contribution in [3.05, 3.63) is 23.9 Å². The molecular weight excluding hydrogens is 354 g/mol. The van der Waals surface area contributed by atoms with E-state index in [1.165, 1.54) is 12.8 Å². The highest BCUT2D eigenvalue weighted by Crippen LogP contribution is 2.33. The summed E-state index contributed by atoms with van der Waals surface area (Å²) in [5.41, 5.74) is 0.973. The minimum Gasteiger partial charge on any atom is -0.474 e. The summed E-state index contributed by atoms with van der Waals surface area (Å²) in [4.78, 5) is 31.1. The number of pyridine rings is 1. The monoisotopic (exact) mass is 385 g/mol. The van der Waals surface area contributed by atoms with Crippen LogP contribution in [0.25, 0.3) is 0 Å². The molecule has 3 aliphatic rings. The fourth-order valence-corrected chi connectivity index (χ4v) is 4.32. The first-order valence-corrected chi connectivity index (χ1v) is 10.8. The van der Waals surface area contributed by atoms with Gasteiger partial charge in [-0.1, -0.05) is 6.92 Å². The summed E-state index contributed by atoms with van der Waals surface area (Å²) in [7, 11) is 0. The molecule has 0 unspecified atom stereocenters. The molecule has 6 heteroatoms. The van der Waals surface area contributed by atoms with Crippen LogP contribution in [-0.4, -0.2) is 40.4 Å². The summed E-state index contributed by atoms with van der Waals surface area (Å²) >= 11 is 0. The molecule has 6 nitrogen and oxygen atoms in total. The zero-order valence-corrected chi connectivity index (χ0v) is 16.7. The van der Waals surface area contributed by atoms with Crippen molar-refractivity contribution >= 4 is 11.8 Å². The molecule has 0 spiro atoms. The van der Waals surface area contributed by atoms with Gasteiger partial charge in [-0.15, -0.1) is 0 Å². The van der Waals surface area contributed by atoms with Gasteiger partial charge in [0, 0.05) is 31.3 Å². The third-order valence-electron chi connectivity index (χ3n) is 6.28. The molecule has 2 saturated carbocycles. The lowest BCUT2D eigenvalue weighted by Gasteiger charge is -2.26. The Kier molecular flexibility index (Phi) is 5.83. The molecular formula is C22H31N3O3. The zero-order valence-electron chi connectivity index (χ0n) is 16.7. The number of hydrogen-bond donors (Lipinski definition) is 1. The SMILES string of the molecule is CC1CCC(Oc2cc(CNC(=O)[C@@H]3CCCN3C(=O)C3CC3)ccn2)CC1. The quantitative estimate of drug-likeness (QED) is 0.817. The summed E-state index contributed by atoms with van der Waals surface area (Å²) < 4.78 is 6.06. The van der Waals surface area contributed by atoms with Crippen LogP contribution in [0.5, 0.6) is 5.88 Å². The third-order valence-corrected chi connectivity index (χ3v) is 6.28. The summed E-state index contributed by atoms with van der Waals surface area (Å²) in [6.07, 6.45) is 10.2. The predicted octanol–water partition coefficient (Wildman–Crippen LogP) is 3.06. The van der Waals surface area contributed by atoms with E-state index >= 15 is 0 Å². The number of carbonyl (C=O) groups is 2. The van der Waals surface area contributed by atoms with Crippen LogP contribution in [0.2, 0.25) is 0 Å². The second-order valence-electron chi connectivity index (χ2n) is 8.68. The molecule has 2 heterocycles. The molecule has 1 aromatic heterocycles. The van der Waals surface area contributed by atoms with Crippen LogP contribution in [0.4, 0.5) is 0 Å². The van der Waals surface area contributed by atoms with E-state index in [0.717, 1.165) is 50.0 Å². The highest BCUT2D eigenvalue weighted by atomic mass is 16.5. The zero-order chi connectivity index (χ0) is 19.5. The first-order valence-electron chi connectivity index (χ1n) is 10.8. The molecule has 0 aromatic carbocycles. The topological polar surface area (TPSA) is 71.5 Å². The Morgan fingerprint density at radius 3 is 2.71 bits per heavy atom. The maximum Gasteiger partial charge on any atom is 0.243 e. The fourth-order valence-electron chi connectivity index (χ4n) is 4.32. The van der Waals surface area contributed by atoms with Crippen LogP contribution in [-0.2, 0) is 16.1 Å². The maximum atomic E-state index is 12.7. The summed E-state index contributed by atoms with van der Waals surface area (Å²) in [5.74, 6) is 1.70. The van der Waals surface area contributed by atoms with Crippen molar-refractivity contribution in [1.82, 2.24) is 15.2 Å². The van der Waals surface area contributed by atoms with Gasteiger partial charge in [0.2, 0.25) is 17.7 Å². The number of ether oxygens (including phenoxy) is 1. The average Bonchev–Trinajstić information content (AvgIpc) is 3.44. The third kappa shape index (κ3) is 4.65. The van der Waals surface area contributed by atoms with Gasteiger partial charge in [0.1, 0.15) is 12.1 Å². The molecule has 1 atom stereocenters. The highest BCUT2D eigenvalue weighted by molar-refractivity contribution is 5.89. The first kappa shape index (κ1) is 19.2. The molecule has 3 fully saturated rings. The van der Waals surface area contributed by atoms with Gasteiger partial charge in [-0.05, 0) is 68.9 Å². The van der Waals surface area contributed by atoms with Crippen molar-refractivity contribution in [3.63, 3.8) is 0 Å². The van der Waals surface area contributed by atoms with E-state index in [1.54, 1.807) is 11.1 Å². The molecule has 1 saturated heterocycles. The molecule has 2 aliphatic carbocycles. The van der Waals surface area contributed by atoms with Crippen molar-refractivity contribution in [2.24, 2.45) is 11.8 Å². The molecule has 4 rings (SSSR count). The van der Waals surface area contributed by atoms with Crippen molar-refractivity contribution in [2.45, 2.75) is 77.0 Å². The lowest BCUT2D eigenvalue weighted by molar-refractivity contribution is -0.139. The second-order valence-corrected chi connectivity index (χ2v) is 8.68. The Labute approximate surface area is 167 Å². The number of hydrogen-bond acceptors (Lipinski definition) is 4. The summed E-state index contributed by atoms with van der Waals surface area (Å²) in [6.45, 7) is 3.43. The van der Waals surface area contributed by atoms with Gasteiger partial charge in [0.25, 0.3) is 0 Å².